The standard InChI is InChI=1S/C10H18N4O2/c1-8(6-15)4-12-10(16)9-5-14(3-2-11)7-13-9/h5,7-8,15H,2-4,6,11H2,1H3,(H,12,16). The molecule has 0 aromatic carbocycles. The molecule has 1 aromatic heterocycles. The van der Waals surface area contributed by atoms with Crippen LogP contribution >= 0.6 is 0 Å². The summed E-state index contributed by atoms with van der Waals surface area (Å²) >= 11 is 0. The molecule has 0 spiro atoms. The van der Waals surface area contributed by atoms with Gasteiger partial charge in [0.2, 0.25) is 0 Å². The fourth-order valence-corrected chi connectivity index (χ4v) is 1.17. The summed E-state index contributed by atoms with van der Waals surface area (Å²) in [5, 5.41) is 11.5. The molecule has 90 valence electrons. The Hall–Kier alpha value is -1.40. The van der Waals surface area contributed by atoms with E-state index in [1.54, 1.807) is 17.1 Å². The Kier molecular flexibility index (Phi) is 4.94. The number of aliphatic hydroxyl groups excluding tert-OH is 1. The van der Waals surface area contributed by atoms with Crippen molar-refractivity contribution in [3.05, 3.63) is 18.2 Å². The smallest absolute Gasteiger partial charge is 0.271 e. The number of amides is 1. The van der Waals surface area contributed by atoms with Gasteiger partial charge < -0.3 is 20.7 Å². The lowest BCUT2D eigenvalue weighted by atomic mass is 10.2. The first kappa shape index (κ1) is 12.7. The van der Waals surface area contributed by atoms with Crippen LogP contribution in [-0.2, 0) is 6.54 Å². The van der Waals surface area contributed by atoms with Gasteiger partial charge in [0.15, 0.2) is 0 Å². The van der Waals surface area contributed by atoms with E-state index in [0.717, 1.165) is 0 Å². The third-order valence-corrected chi connectivity index (χ3v) is 2.18. The van der Waals surface area contributed by atoms with Crippen molar-refractivity contribution in [2.45, 2.75) is 13.5 Å². The van der Waals surface area contributed by atoms with Crippen LogP contribution in [0.15, 0.2) is 12.5 Å². The third-order valence-electron chi connectivity index (χ3n) is 2.18. The molecule has 0 aliphatic heterocycles. The number of aliphatic hydroxyl groups is 1. The van der Waals surface area contributed by atoms with Crippen molar-refractivity contribution in [2.24, 2.45) is 11.7 Å². The molecule has 0 aliphatic carbocycles. The van der Waals surface area contributed by atoms with E-state index in [-0.39, 0.29) is 18.4 Å². The summed E-state index contributed by atoms with van der Waals surface area (Å²) in [6.07, 6.45) is 3.24. The lowest BCUT2D eigenvalue weighted by Gasteiger charge is -2.07. The first-order valence-corrected chi connectivity index (χ1v) is 5.28. The highest BCUT2D eigenvalue weighted by Crippen LogP contribution is 1.97. The molecule has 1 rings (SSSR count). The number of nitrogens with one attached hydrogen (secondary N) is 1. The molecule has 6 heteroatoms. The van der Waals surface area contributed by atoms with Gasteiger partial charge in [0.1, 0.15) is 5.69 Å². The highest BCUT2D eigenvalue weighted by atomic mass is 16.3. The average Bonchev–Trinajstić information content (AvgIpc) is 2.74. The fraction of sp³-hybridized carbons (Fsp3) is 0.600. The van der Waals surface area contributed by atoms with Crippen molar-refractivity contribution in [3.63, 3.8) is 0 Å². The van der Waals surface area contributed by atoms with Crippen LogP contribution in [0.25, 0.3) is 0 Å². The molecular weight excluding hydrogens is 208 g/mol. The largest absolute Gasteiger partial charge is 0.396 e. The molecular formula is C10H18N4O2. The van der Waals surface area contributed by atoms with Crippen molar-refractivity contribution in [2.75, 3.05) is 19.7 Å². The molecule has 0 bridgehead atoms. The Labute approximate surface area is 94.5 Å². The molecule has 4 N–H and O–H groups in total. The van der Waals surface area contributed by atoms with E-state index < -0.39 is 0 Å². The number of nitrogens with two attached hydrogens (primary N) is 1. The summed E-state index contributed by atoms with van der Waals surface area (Å²) in [6, 6.07) is 0. The maximum Gasteiger partial charge on any atom is 0.271 e. The minimum atomic E-state index is -0.226. The predicted molar refractivity (Wildman–Crippen MR) is 59.9 cm³/mol. The Balaban J connectivity index is 2.46. The third kappa shape index (κ3) is 3.63. The number of carbonyl (C=O) groups is 1. The highest BCUT2D eigenvalue weighted by Gasteiger charge is 2.09. The Morgan fingerprint density at radius 3 is 3.12 bits per heavy atom. The van der Waals surface area contributed by atoms with Crippen LogP contribution in [0.5, 0.6) is 0 Å². The van der Waals surface area contributed by atoms with Gasteiger partial charge in [-0.3, -0.25) is 4.79 Å². The number of carbonyl (C=O) groups excluding carboxylic acids is 1. The van der Waals surface area contributed by atoms with Gasteiger partial charge in [-0.1, -0.05) is 6.92 Å². The van der Waals surface area contributed by atoms with E-state index in [1.807, 2.05) is 6.92 Å². The van der Waals surface area contributed by atoms with E-state index in [4.69, 9.17) is 10.8 Å². The number of aromatic nitrogens is 2. The van der Waals surface area contributed by atoms with E-state index in [2.05, 4.69) is 10.3 Å². The zero-order chi connectivity index (χ0) is 12.0. The summed E-state index contributed by atoms with van der Waals surface area (Å²) in [5.41, 5.74) is 5.76. The summed E-state index contributed by atoms with van der Waals surface area (Å²) in [7, 11) is 0. The highest BCUT2D eigenvalue weighted by molar-refractivity contribution is 5.91. The zero-order valence-electron chi connectivity index (χ0n) is 9.39. The lowest BCUT2D eigenvalue weighted by molar-refractivity contribution is 0.0937. The Morgan fingerprint density at radius 1 is 1.75 bits per heavy atom. The summed E-state index contributed by atoms with van der Waals surface area (Å²) < 4.78 is 1.77. The van der Waals surface area contributed by atoms with Crippen molar-refractivity contribution < 1.29 is 9.90 Å². The molecule has 1 atom stereocenters. The summed E-state index contributed by atoms with van der Waals surface area (Å²) in [6.45, 7) is 3.51. The minimum absolute atomic E-state index is 0.0510. The van der Waals surface area contributed by atoms with Gasteiger partial charge in [-0.2, -0.15) is 0 Å². The number of hydrogen-bond donors (Lipinski definition) is 3. The Morgan fingerprint density at radius 2 is 2.50 bits per heavy atom. The molecule has 1 amide bonds. The van der Waals surface area contributed by atoms with Crippen LogP contribution in [0.1, 0.15) is 17.4 Å². The molecule has 16 heavy (non-hydrogen) atoms. The number of nitrogens with zero attached hydrogens (tertiary/aromatic N) is 2. The second-order valence-electron chi connectivity index (χ2n) is 3.78. The monoisotopic (exact) mass is 226 g/mol. The van der Waals surface area contributed by atoms with Gasteiger partial charge in [0, 0.05) is 32.4 Å². The molecule has 0 fully saturated rings. The first-order valence-electron chi connectivity index (χ1n) is 5.28. The van der Waals surface area contributed by atoms with Crippen LogP contribution in [-0.4, -0.2) is 40.3 Å². The Bertz CT molecular complexity index is 337. The van der Waals surface area contributed by atoms with Crippen LogP contribution < -0.4 is 11.1 Å². The van der Waals surface area contributed by atoms with Crippen molar-refractivity contribution in [1.29, 1.82) is 0 Å². The predicted octanol–water partition coefficient (Wildman–Crippen LogP) is -0.800. The van der Waals surface area contributed by atoms with Crippen molar-refractivity contribution >= 4 is 5.91 Å². The van der Waals surface area contributed by atoms with Crippen LogP contribution in [0.3, 0.4) is 0 Å². The SMILES string of the molecule is CC(CO)CNC(=O)c1cn(CCN)cn1. The van der Waals surface area contributed by atoms with Crippen molar-refractivity contribution in [1.82, 2.24) is 14.9 Å². The van der Waals surface area contributed by atoms with Gasteiger partial charge in [0.25, 0.3) is 5.91 Å². The van der Waals surface area contributed by atoms with Gasteiger partial charge in [-0.05, 0) is 5.92 Å². The topological polar surface area (TPSA) is 93.2 Å². The van der Waals surface area contributed by atoms with Crippen LogP contribution in [0, 0.1) is 5.92 Å². The molecule has 0 saturated carbocycles. The first-order chi connectivity index (χ1) is 7.67. The maximum atomic E-state index is 11.6. The molecule has 1 unspecified atom stereocenters. The molecule has 0 saturated heterocycles. The number of imidazole rings is 1. The van der Waals surface area contributed by atoms with Crippen LogP contribution in [0.4, 0.5) is 0 Å². The molecule has 1 heterocycles. The van der Waals surface area contributed by atoms with E-state index in [9.17, 15) is 4.79 Å². The normalized spacial score (nSPS) is 12.4. The maximum absolute atomic E-state index is 11.6. The van der Waals surface area contributed by atoms with E-state index in [1.165, 1.54) is 0 Å². The molecule has 0 aliphatic rings. The van der Waals surface area contributed by atoms with E-state index in [0.29, 0.717) is 25.3 Å². The number of hydrogen-bond acceptors (Lipinski definition) is 4. The van der Waals surface area contributed by atoms with Gasteiger partial charge >= 0.3 is 0 Å². The van der Waals surface area contributed by atoms with Crippen molar-refractivity contribution in [3.8, 4) is 0 Å². The summed E-state index contributed by atoms with van der Waals surface area (Å²) in [4.78, 5) is 15.6. The molecule has 1 aromatic rings. The lowest BCUT2D eigenvalue weighted by Crippen LogP contribution is -2.29. The molecule has 6 nitrogen and oxygen atoms in total. The fourth-order valence-electron chi connectivity index (χ4n) is 1.17. The average molecular weight is 226 g/mol. The summed E-state index contributed by atoms with van der Waals surface area (Å²) in [5.74, 6) is -0.175. The number of rotatable bonds is 6. The van der Waals surface area contributed by atoms with Gasteiger partial charge in [0.05, 0.1) is 6.33 Å². The second-order valence-corrected chi connectivity index (χ2v) is 3.78. The zero-order valence-corrected chi connectivity index (χ0v) is 9.39. The molecule has 0 radical (unpaired) electrons. The van der Waals surface area contributed by atoms with Gasteiger partial charge in [-0.15, -0.1) is 0 Å². The van der Waals surface area contributed by atoms with E-state index >= 15 is 0 Å². The van der Waals surface area contributed by atoms with Gasteiger partial charge in [-0.25, -0.2) is 4.98 Å². The second kappa shape index (κ2) is 6.24. The quantitative estimate of drug-likeness (QED) is 0.592. The minimum Gasteiger partial charge on any atom is -0.396 e. The van der Waals surface area contributed by atoms with Crippen LogP contribution in [0.2, 0.25) is 0 Å².